The van der Waals surface area contributed by atoms with E-state index < -0.39 is 18.2 Å². The van der Waals surface area contributed by atoms with Crippen LogP contribution in [0.15, 0.2) is 24.4 Å². The molecule has 0 aliphatic carbocycles. The number of carbonyl (C=O) groups is 1. The number of hydrogen-bond acceptors (Lipinski definition) is 5. The lowest BCUT2D eigenvalue weighted by Gasteiger charge is -2.16. The van der Waals surface area contributed by atoms with Gasteiger partial charge in [-0.1, -0.05) is 5.92 Å². The Bertz CT molecular complexity index is 926. The smallest absolute Gasteiger partial charge is 0.462 e. The van der Waals surface area contributed by atoms with Crippen LogP contribution in [0.3, 0.4) is 0 Å². The van der Waals surface area contributed by atoms with Gasteiger partial charge < -0.3 is 14.2 Å². The molecule has 1 aromatic heterocycles. The van der Waals surface area contributed by atoms with Gasteiger partial charge in [-0.05, 0) is 44.0 Å². The van der Waals surface area contributed by atoms with E-state index in [1.807, 2.05) is 0 Å². The van der Waals surface area contributed by atoms with E-state index in [0.29, 0.717) is 22.3 Å². The van der Waals surface area contributed by atoms with Crippen LogP contribution in [0.1, 0.15) is 35.3 Å². The lowest BCUT2D eigenvalue weighted by atomic mass is 9.94. The Balaban J connectivity index is 2.54. The summed E-state index contributed by atoms with van der Waals surface area (Å²) < 4.78 is 51.2. The zero-order chi connectivity index (χ0) is 20.9. The molecule has 0 saturated heterocycles. The number of aryl methyl sites for hydroxylation is 1. The monoisotopic (exact) mass is 393 g/mol. The third kappa shape index (κ3) is 4.94. The predicted octanol–water partition coefficient (Wildman–Crippen LogP) is 4.80. The molecule has 0 amide bonds. The van der Waals surface area contributed by atoms with E-state index in [1.165, 1.54) is 12.3 Å². The second kappa shape index (κ2) is 8.65. The summed E-state index contributed by atoms with van der Waals surface area (Å²) in [7, 11) is 0. The van der Waals surface area contributed by atoms with Gasteiger partial charge in [0.05, 0.1) is 6.61 Å². The van der Waals surface area contributed by atoms with Crippen LogP contribution in [0.2, 0.25) is 0 Å². The molecule has 0 fully saturated rings. The van der Waals surface area contributed by atoms with Gasteiger partial charge in [0.2, 0.25) is 5.88 Å². The number of carbonyl (C=O) groups excluding carboxylic acids is 1. The molecular weight excluding hydrogens is 375 g/mol. The molecule has 1 heterocycles. The van der Waals surface area contributed by atoms with Crippen LogP contribution >= 0.6 is 0 Å². The Morgan fingerprint density at radius 3 is 2.50 bits per heavy atom. The Kier molecular flexibility index (Phi) is 6.52. The molecule has 0 unspecified atom stereocenters. The second-order valence-electron chi connectivity index (χ2n) is 5.68. The first-order valence-electron chi connectivity index (χ1n) is 8.30. The van der Waals surface area contributed by atoms with Gasteiger partial charge in [-0.25, -0.2) is 9.78 Å². The number of rotatable bonds is 5. The predicted molar refractivity (Wildman–Crippen MR) is 95.9 cm³/mol. The lowest BCUT2D eigenvalue weighted by Crippen LogP contribution is -2.17. The number of esters is 1. The number of halogens is 3. The van der Waals surface area contributed by atoms with Gasteiger partial charge in [-0.15, -0.1) is 13.2 Å². The molecule has 0 spiro atoms. The molecule has 0 radical (unpaired) electrons. The number of benzene rings is 1. The highest BCUT2D eigenvalue weighted by Gasteiger charge is 2.31. The van der Waals surface area contributed by atoms with Crippen LogP contribution < -0.4 is 9.47 Å². The second-order valence-corrected chi connectivity index (χ2v) is 5.68. The first-order chi connectivity index (χ1) is 13.2. The summed E-state index contributed by atoms with van der Waals surface area (Å²) in [6.07, 6.45) is -1.10. The highest BCUT2D eigenvalue weighted by molar-refractivity contribution is 5.96. The Labute approximate surface area is 160 Å². The maximum absolute atomic E-state index is 12.3. The number of hydrogen-bond donors (Lipinski definition) is 0. The first kappa shape index (κ1) is 21.1. The van der Waals surface area contributed by atoms with E-state index in [2.05, 4.69) is 21.7 Å². The van der Waals surface area contributed by atoms with Crippen molar-refractivity contribution in [3.8, 4) is 34.8 Å². The van der Waals surface area contributed by atoms with Crippen molar-refractivity contribution in [2.75, 3.05) is 6.61 Å². The number of nitrogens with zero attached hydrogens (tertiary/aromatic N) is 1. The van der Waals surface area contributed by atoms with Crippen molar-refractivity contribution < 1.29 is 32.2 Å². The summed E-state index contributed by atoms with van der Waals surface area (Å²) in [6.45, 7) is 6.89. The van der Waals surface area contributed by atoms with E-state index in [0.717, 1.165) is 6.07 Å². The molecule has 148 valence electrons. The van der Waals surface area contributed by atoms with E-state index >= 15 is 0 Å². The SMILES string of the molecule is CC#COc1c(C)c(-c2ccc(OC(F)(F)F)nc2)cc(C)c1C(=O)OCC. The summed E-state index contributed by atoms with van der Waals surface area (Å²) in [5, 5.41) is 0. The molecule has 2 rings (SSSR count). The number of ether oxygens (including phenoxy) is 3. The Morgan fingerprint density at radius 2 is 1.96 bits per heavy atom. The van der Waals surface area contributed by atoms with Crippen molar-refractivity contribution in [3.05, 3.63) is 41.1 Å². The van der Waals surface area contributed by atoms with Crippen LogP contribution in [-0.4, -0.2) is 23.9 Å². The van der Waals surface area contributed by atoms with Gasteiger partial charge in [-0.2, -0.15) is 0 Å². The molecule has 0 aliphatic rings. The summed E-state index contributed by atoms with van der Waals surface area (Å²) in [5.41, 5.74) is 2.55. The summed E-state index contributed by atoms with van der Waals surface area (Å²) in [5.74, 6) is 1.71. The van der Waals surface area contributed by atoms with Gasteiger partial charge in [0.1, 0.15) is 11.7 Å². The van der Waals surface area contributed by atoms with Crippen LogP contribution in [0.5, 0.6) is 11.6 Å². The van der Waals surface area contributed by atoms with Crippen molar-refractivity contribution in [1.29, 1.82) is 0 Å². The minimum Gasteiger partial charge on any atom is -0.462 e. The highest BCUT2D eigenvalue weighted by Crippen LogP contribution is 2.36. The molecule has 0 saturated carbocycles. The summed E-state index contributed by atoms with van der Waals surface area (Å²) in [4.78, 5) is 16.0. The van der Waals surface area contributed by atoms with Gasteiger partial charge in [0.25, 0.3) is 0 Å². The normalized spacial score (nSPS) is 10.7. The van der Waals surface area contributed by atoms with Crippen LogP contribution in [0, 0.1) is 25.9 Å². The van der Waals surface area contributed by atoms with Crippen molar-refractivity contribution in [1.82, 2.24) is 4.98 Å². The fourth-order valence-electron chi connectivity index (χ4n) is 2.59. The number of alkyl halides is 3. The number of aromatic nitrogens is 1. The fourth-order valence-corrected chi connectivity index (χ4v) is 2.59. The summed E-state index contributed by atoms with van der Waals surface area (Å²) in [6, 6.07) is 4.27. The van der Waals surface area contributed by atoms with Crippen molar-refractivity contribution in [2.45, 2.75) is 34.1 Å². The maximum Gasteiger partial charge on any atom is 0.574 e. The van der Waals surface area contributed by atoms with E-state index in [1.54, 1.807) is 33.8 Å². The summed E-state index contributed by atoms with van der Waals surface area (Å²) >= 11 is 0. The van der Waals surface area contributed by atoms with E-state index in [-0.39, 0.29) is 17.9 Å². The lowest BCUT2D eigenvalue weighted by molar-refractivity contribution is -0.276. The van der Waals surface area contributed by atoms with Gasteiger partial charge in [-0.3, -0.25) is 0 Å². The molecule has 0 atom stereocenters. The van der Waals surface area contributed by atoms with E-state index in [9.17, 15) is 18.0 Å². The van der Waals surface area contributed by atoms with Crippen molar-refractivity contribution in [3.63, 3.8) is 0 Å². The van der Waals surface area contributed by atoms with Gasteiger partial charge in [0.15, 0.2) is 5.75 Å². The standard InChI is InChI=1S/C20H18F3NO4/c1-5-9-27-18-13(4)15(10-12(3)17(18)19(25)26-6-2)14-7-8-16(24-11-14)28-20(21,22)23/h7-8,10-11H,6H2,1-4H3. The average molecular weight is 393 g/mol. The minimum atomic E-state index is -4.82. The maximum atomic E-state index is 12.3. The van der Waals surface area contributed by atoms with Crippen molar-refractivity contribution in [2.24, 2.45) is 0 Å². The van der Waals surface area contributed by atoms with Gasteiger partial charge >= 0.3 is 12.3 Å². The molecule has 0 aliphatic heterocycles. The first-order valence-corrected chi connectivity index (χ1v) is 8.30. The molecule has 1 aromatic carbocycles. The van der Waals surface area contributed by atoms with Gasteiger partial charge in [0, 0.05) is 30.3 Å². The zero-order valence-corrected chi connectivity index (χ0v) is 15.7. The van der Waals surface area contributed by atoms with Crippen LogP contribution in [-0.2, 0) is 4.74 Å². The third-order valence-electron chi connectivity index (χ3n) is 3.73. The van der Waals surface area contributed by atoms with Crippen LogP contribution in [0.4, 0.5) is 13.2 Å². The quantitative estimate of drug-likeness (QED) is 0.540. The molecule has 0 N–H and O–H groups in total. The zero-order valence-electron chi connectivity index (χ0n) is 15.7. The topological polar surface area (TPSA) is 57.7 Å². The highest BCUT2D eigenvalue weighted by atomic mass is 19.4. The number of pyridine rings is 1. The Morgan fingerprint density at radius 1 is 1.25 bits per heavy atom. The van der Waals surface area contributed by atoms with Crippen LogP contribution in [0.25, 0.3) is 11.1 Å². The molecule has 28 heavy (non-hydrogen) atoms. The molecular formula is C20H18F3NO4. The van der Waals surface area contributed by atoms with Crippen molar-refractivity contribution >= 4 is 5.97 Å². The van der Waals surface area contributed by atoms with E-state index in [4.69, 9.17) is 9.47 Å². The molecule has 2 aromatic rings. The minimum absolute atomic E-state index is 0.197. The molecule has 8 heteroatoms. The Hall–Kier alpha value is -3.21. The molecule has 5 nitrogen and oxygen atoms in total. The average Bonchev–Trinajstić information content (AvgIpc) is 2.61. The largest absolute Gasteiger partial charge is 0.574 e. The fraction of sp³-hybridized carbons (Fsp3) is 0.300. The molecule has 0 bridgehead atoms. The third-order valence-corrected chi connectivity index (χ3v) is 3.73.